The van der Waals surface area contributed by atoms with Gasteiger partial charge in [-0.15, -0.1) is 0 Å². The van der Waals surface area contributed by atoms with Crippen LogP contribution in [0, 0.1) is 5.41 Å². The van der Waals surface area contributed by atoms with E-state index in [0.29, 0.717) is 30.4 Å². The van der Waals surface area contributed by atoms with E-state index in [1.165, 1.54) is 7.05 Å². The van der Waals surface area contributed by atoms with Crippen LogP contribution in [0.3, 0.4) is 0 Å². The number of ether oxygens (including phenoxy) is 2. The molecule has 0 aromatic heterocycles. The molecule has 10 nitrogen and oxygen atoms in total. The Morgan fingerprint density at radius 3 is 1.88 bits per heavy atom. The average molecular weight is 809 g/mol. The van der Waals surface area contributed by atoms with Crippen LogP contribution in [0.25, 0.3) is 0 Å². The Kier molecular flexibility index (Phi) is 15.7. The molecule has 0 fully saturated rings. The molecule has 0 radical (unpaired) electrons. The highest BCUT2D eigenvalue weighted by molar-refractivity contribution is 7.91. The summed E-state index contributed by atoms with van der Waals surface area (Å²) in [5, 5.41) is 2.93. The number of sulfone groups is 1. The zero-order valence-electron chi connectivity index (χ0n) is 35.4. The van der Waals surface area contributed by atoms with E-state index in [1.807, 2.05) is 62.4 Å². The highest BCUT2D eigenvalue weighted by atomic mass is 32.2. The van der Waals surface area contributed by atoms with Crippen molar-refractivity contribution in [2.75, 3.05) is 31.8 Å². The van der Waals surface area contributed by atoms with Gasteiger partial charge in [-0.2, -0.15) is 0 Å². The molecule has 0 heterocycles. The Balaban J connectivity index is 1.80. The van der Waals surface area contributed by atoms with Crippen LogP contribution in [0.1, 0.15) is 99.6 Å². The maximum Gasteiger partial charge on any atom is 0.428 e. The maximum atomic E-state index is 14.1. The van der Waals surface area contributed by atoms with E-state index < -0.39 is 46.6 Å². The Hall–Kier alpha value is -4.00. The van der Waals surface area contributed by atoms with Gasteiger partial charge in [0.2, 0.25) is 5.91 Å². The van der Waals surface area contributed by atoms with E-state index in [-0.39, 0.29) is 42.1 Å². The molecule has 0 aliphatic heterocycles. The van der Waals surface area contributed by atoms with Gasteiger partial charge < -0.3 is 13.9 Å². The Morgan fingerprint density at radius 2 is 1.36 bits per heavy atom. The fourth-order valence-electron chi connectivity index (χ4n) is 7.19. The smallest absolute Gasteiger partial charge is 0.428 e. The number of carbonyl (C=O) groups excluding carboxylic acids is 3. The number of hydrazine groups is 1. The zero-order valence-corrected chi connectivity index (χ0v) is 37.2. The zero-order chi connectivity index (χ0) is 42.0. The van der Waals surface area contributed by atoms with Gasteiger partial charge in [-0.3, -0.25) is 15.0 Å². The number of esters is 1. The largest absolute Gasteiger partial charge is 0.466 e. The lowest BCUT2D eigenvalue weighted by Crippen LogP contribution is -2.66. The number of amides is 2. The number of hydrogen-bond acceptors (Lipinski definition) is 8. The van der Waals surface area contributed by atoms with Crippen molar-refractivity contribution in [1.29, 1.82) is 0 Å². The third-order valence-electron chi connectivity index (χ3n) is 9.93. The van der Waals surface area contributed by atoms with E-state index in [0.717, 1.165) is 15.4 Å². The molecule has 0 aliphatic rings. The molecule has 12 heteroatoms. The second kappa shape index (κ2) is 19.0. The SMILES string of the molecule is CCOC(=O)Cc1cccc([C@@](C)(CCCC(C)(C)CS(=O)(=O)CCO[Si](c2ccccc2)(c2ccccc2)C(C)(C)C)C(=O)NN(C)C(=O)OC(C)(C)C)c1. The van der Waals surface area contributed by atoms with Gasteiger partial charge in [-0.25, -0.2) is 18.2 Å². The minimum absolute atomic E-state index is 0.0435. The van der Waals surface area contributed by atoms with E-state index in [2.05, 4.69) is 50.5 Å². The van der Waals surface area contributed by atoms with Crippen LogP contribution in [0.2, 0.25) is 5.04 Å². The van der Waals surface area contributed by atoms with Crippen molar-refractivity contribution in [3.8, 4) is 0 Å². The third kappa shape index (κ3) is 12.8. The van der Waals surface area contributed by atoms with E-state index >= 15 is 0 Å². The molecule has 0 saturated heterocycles. The van der Waals surface area contributed by atoms with Crippen LogP contribution < -0.4 is 15.8 Å². The summed E-state index contributed by atoms with van der Waals surface area (Å²) in [5.41, 5.74) is 1.50. The van der Waals surface area contributed by atoms with Gasteiger partial charge in [0.05, 0.1) is 29.9 Å². The van der Waals surface area contributed by atoms with Gasteiger partial charge in [0.25, 0.3) is 8.32 Å². The highest BCUT2D eigenvalue weighted by Gasteiger charge is 2.50. The normalized spacial score (nSPS) is 13.7. The van der Waals surface area contributed by atoms with Crippen molar-refractivity contribution >= 4 is 46.5 Å². The molecule has 0 aliphatic carbocycles. The Labute approximate surface area is 336 Å². The van der Waals surface area contributed by atoms with Crippen LogP contribution in [-0.4, -0.2) is 77.1 Å². The summed E-state index contributed by atoms with van der Waals surface area (Å²) in [7, 11) is -5.03. The summed E-state index contributed by atoms with van der Waals surface area (Å²) in [6.45, 7) is 19.4. The molecule has 56 heavy (non-hydrogen) atoms. The fourth-order valence-corrected chi connectivity index (χ4v) is 13.7. The number of carbonyl (C=O) groups is 3. The maximum absolute atomic E-state index is 14.1. The van der Waals surface area contributed by atoms with Crippen LogP contribution in [0.4, 0.5) is 4.79 Å². The van der Waals surface area contributed by atoms with Gasteiger partial charge in [0.1, 0.15) is 5.60 Å². The van der Waals surface area contributed by atoms with Crippen molar-refractivity contribution < 1.29 is 36.7 Å². The second-order valence-electron chi connectivity index (χ2n) is 17.6. The quantitative estimate of drug-likeness (QED) is 0.0867. The second-order valence-corrected chi connectivity index (χ2v) is 24.1. The predicted octanol–water partition coefficient (Wildman–Crippen LogP) is 7.14. The molecule has 308 valence electrons. The lowest BCUT2D eigenvalue weighted by Gasteiger charge is -2.43. The Bertz CT molecular complexity index is 1830. The first-order valence-corrected chi connectivity index (χ1v) is 23.2. The summed E-state index contributed by atoms with van der Waals surface area (Å²) >= 11 is 0. The number of nitrogens with one attached hydrogen (secondary N) is 1. The molecule has 0 spiro atoms. The summed E-state index contributed by atoms with van der Waals surface area (Å²) < 4.78 is 45.0. The molecule has 0 bridgehead atoms. The molecule has 0 unspecified atom stereocenters. The summed E-state index contributed by atoms with van der Waals surface area (Å²) in [4.78, 5) is 39.2. The first-order chi connectivity index (χ1) is 25.9. The molecule has 3 aromatic carbocycles. The van der Waals surface area contributed by atoms with Crippen LogP contribution in [-0.2, 0) is 45.2 Å². The predicted molar refractivity (Wildman–Crippen MR) is 226 cm³/mol. The molecule has 3 aromatic rings. The monoisotopic (exact) mass is 808 g/mol. The average Bonchev–Trinajstić information content (AvgIpc) is 3.09. The number of nitrogens with zero attached hydrogens (tertiary/aromatic N) is 1. The molecule has 1 atom stereocenters. The highest BCUT2D eigenvalue weighted by Crippen LogP contribution is 2.37. The molecule has 2 amide bonds. The number of benzene rings is 3. The van der Waals surface area contributed by atoms with Gasteiger partial charge in [-0.05, 0) is 79.4 Å². The van der Waals surface area contributed by atoms with E-state index in [4.69, 9.17) is 13.9 Å². The van der Waals surface area contributed by atoms with Gasteiger partial charge >= 0.3 is 12.1 Å². The Morgan fingerprint density at radius 1 is 0.786 bits per heavy atom. The lowest BCUT2D eigenvalue weighted by atomic mass is 9.75. The van der Waals surface area contributed by atoms with Crippen LogP contribution >= 0.6 is 0 Å². The van der Waals surface area contributed by atoms with E-state index in [9.17, 15) is 22.8 Å². The van der Waals surface area contributed by atoms with Gasteiger partial charge in [0, 0.05) is 13.7 Å². The molecule has 0 saturated carbocycles. The summed E-state index contributed by atoms with van der Waals surface area (Å²) in [6.07, 6.45) is 0.680. The first-order valence-electron chi connectivity index (χ1n) is 19.4. The summed E-state index contributed by atoms with van der Waals surface area (Å²) in [6, 6.07) is 27.5. The minimum Gasteiger partial charge on any atom is -0.466 e. The van der Waals surface area contributed by atoms with Crippen molar-refractivity contribution in [2.24, 2.45) is 5.41 Å². The molecule has 3 rings (SSSR count). The third-order valence-corrected chi connectivity index (χ3v) is 17.0. The molecular formula is C44H64N2O8SSi. The van der Waals surface area contributed by atoms with Crippen molar-refractivity contribution in [3.63, 3.8) is 0 Å². The van der Waals surface area contributed by atoms with Crippen molar-refractivity contribution in [3.05, 3.63) is 96.1 Å². The fraction of sp³-hybridized carbons (Fsp3) is 0.523. The van der Waals surface area contributed by atoms with Gasteiger partial charge in [-0.1, -0.05) is 126 Å². The van der Waals surface area contributed by atoms with E-state index in [1.54, 1.807) is 46.8 Å². The van der Waals surface area contributed by atoms with Crippen LogP contribution in [0.5, 0.6) is 0 Å². The van der Waals surface area contributed by atoms with Crippen molar-refractivity contribution in [2.45, 2.75) is 111 Å². The topological polar surface area (TPSA) is 128 Å². The molecule has 1 N–H and O–H groups in total. The molecular weight excluding hydrogens is 745 g/mol. The van der Waals surface area contributed by atoms with Crippen molar-refractivity contribution in [1.82, 2.24) is 10.4 Å². The standard InChI is InChI=1S/C44H64N2O8SSi/c1-12-52-38(47)32-34-21-19-22-35(31-34)44(10,39(48)45-46(11)40(49)54-41(2,3)4)28-20-27-43(8,9)33-55(50,51)30-29-53-56(42(5,6)7,36-23-15-13-16-24-36)37-25-17-14-18-26-37/h13-19,21-26,31H,12,20,27-30,32-33H2,1-11H3,(H,45,48)/t44-/m1/s1. The van der Waals surface area contributed by atoms with Gasteiger partial charge in [0.15, 0.2) is 9.84 Å². The van der Waals surface area contributed by atoms with Crippen LogP contribution in [0.15, 0.2) is 84.9 Å². The summed E-state index contributed by atoms with van der Waals surface area (Å²) in [5.74, 6) is -0.986. The minimum atomic E-state index is -3.55. The number of rotatable bonds is 17. The number of hydrogen-bond donors (Lipinski definition) is 1. The first kappa shape index (κ1) is 46.4. The lowest BCUT2D eigenvalue weighted by molar-refractivity contribution is -0.142.